The first-order chi connectivity index (χ1) is 3.80. The number of likely N-dealkylation sites (N-methyl/N-ethyl adjacent to an activating group) is 1. The summed E-state index contributed by atoms with van der Waals surface area (Å²) in [5, 5.41) is 2.17. The molecule has 0 aliphatic carbocycles. The van der Waals surface area contributed by atoms with E-state index < -0.39 is 0 Å². The molecule has 0 saturated heterocycles. The van der Waals surface area contributed by atoms with Gasteiger partial charge in [0.15, 0.2) is 0 Å². The van der Waals surface area contributed by atoms with Crippen LogP contribution in [0.15, 0.2) is 11.5 Å². The van der Waals surface area contributed by atoms with Gasteiger partial charge in [0, 0.05) is 11.8 Å². The molecule has 0 aromatic carbocycles. The van der Waals surface area contributed by atoms with Crippen LogP contribution in [0.4, 0.5) is 0 Å². The number of thioether (sulfide) groups is 1. The van der Waals surface area contributed by atoms with E-state index in [1.807, 2.05) is 11.8 Å². The van der Waals surface area contributed by atoms with Crippen LogP contribution in [0.1, 0.15) is 0 Å². The largest absolute Gasteiger partial charge is 0.302 e. The van der Waals surface area contributed by atoms with Crippen LogP contribution in [0.5, 0.6) is 0 Å². The van der Waals surface area contributed by atoms with Gasteiger partial charge in [0.1, 0.15) is 0 Å². The van der Waals surface area contributed by atoms with Gasteiger partial charge >= 0.3 is 0 Å². The lowest BCUT2D eigenvalue weighted by molar-refractivity contribution is 0.371. The summed E-state index contributed by atoms with van der Waals surface area (Å²) in [7, 11) is 4.22. The molecule has 1 heterocycles. The Bertz CT molecular complexity index is 98.7. The van der Waals surface area contributed by atoms with Gasteiger partial charge in [-0.3, -0.25) is 0 Å². The topological polar surface area (TPSA) is 3.24 Å². The van der Waals surface area contributed by atoms with Crippen LogP contribution in [0, 0.1) is 0 Å². The third kappa shape index (κ3) is 1.26. The van der Waals surface area contributed by atoms with Gasteiger partial charge in [-0.25, -0.2) is 0 Å². The molecule has 0 saturated carbocycles. The van der Waals surface area contributed by atoms with Gasteiger partial charge in [-0.2, -0.15) is 0 Å². The molecule has 8 heavy (non-hydrogen) atoms. The molecule has 2 heteroatoms. The second-order valence-electron chi connectivity index (χ2n) is 2.19. The maximum absolute atomic E-state index is 2.24. The number of rotatable bonds is 1. The van der Waals surface area contributed by atoms with Gasteiger partial charge < -0.3 is 4.90 Å². The Balaban J connectivity index is 2.36. The molecule has 1 aliphatic heterocycles. The average Bonchev–Trinajstić information content (AvgIpc) is 2.12. The van der Waals surface area contributed by atoms with Crippen molar-refractivity contribution >= 4 is 11.8 Å². The van der Waals surface area contributed by atoms with Gasteiger partial charge in [-0.15, -0.1) is 11.8 Å². The van der Waals surface area contributed by atoms with E-state index in [0.29, 0.717) is 6.04 Å². The van der Waals surface area contributed by atoms with Gasteiger partial charge in [-0.05, 0) is 19.5 Å². The van der Waals surface area contributed by atoms with Crippen LogP contribution >= 0.6 is 11.8 Å². The summed E-state index contributed by atoms with van der Waals surface area (Å²) < 4.78 is 0. The van der Waals surface area contributed by atoms with Crippen molar-refractivity contribution in [2.75, 3.05) is 19.8 Å². The fourth-order valence-corrected chi connectivity index (χ4v) is 1.69. The third-order valence-corrected chi connectivity index (χ3v) is 2.21. The van der Waals surface area contributed by atoms with E-state index in [1.165, 1.54) is 5.75 Å². The van der Waals surface area contributed by atoms with E-state index in [9.17, 15) is 0 Å². The summed E-state index contributed by atoms with van der Waals surface area (Å²) in [6, 6.07) is 0.681. The Hall–Kier alpha value is 0.0500. The molecule has 0 spiro atoms. The van der Waals surface area contributed by atoms with Crippen molar-refractivity contribution in [3.8, 4) is 0 Å². The minimum Gasteiger partial charge on any atom is -0.302 e. The Morgan fingerprint density at radius 2 is 2.38 bits per heavy atom. The summed E-state index contributed by atoms with van der Waals surface area (Å²) in [5.74, 6) is 1.23. The lowest BCUT2D eigenvalue weighted by Gasteiger charge is -2.15. The monoisotopic (exact) mass is 129 g/mol. The lowest BCUT2D eigenvalue weighted by atomic mass is 10.3. The first-order valence-corrected chi connectivity index (χ1v) is 3.80. The van der Waals surface area contributed by atoms with Crippen molar-refractivity contribution in [1.29, 1.82) is 0 Å². The van der Waals surface area contributed by atoms with Crippen LogP contribution in [-0.2, 0) is 0 Å². The van der Waals surface area contributed by atoms with E-state index >= 15 is 0 Å². The number of hydrogen-bond acceptors (Lipinski definition) is 2. The van der Waals surface area contributed by atoms with Crippen LogP contribution in [0.3, 0.4) is 0 Å². The maximum Gasteiger partial charge on any atom is 0.0374 e. The van der Waals surface area contributed by atoms with Crippen LogP contribution < -0.4 is 0 Å². The van der Waals surface area contributed by atoms with Crippen LogP contribution in [-0.4, -0.2) is 30.8 Å². The van der Waals surface area contributed by atoms with Gasteiger partial charge in [0.2, 0.25) is 0 Å². The zero-order valence-electron chi connectivity index (χ0n) is 5.29. The SMILES string of the molecule is CN(C)C1C=CSC1. The number of hydrogen-bond donors (Lipinski definition) is 0. The molecular weight excluding hydrogens is 118 g/mol. The predicted molar refractivity (Wildman–Crippen MR) is 39.1 cm³/mol. The summed E-state index contributed by atoms with van der Waals surface area (Å²) in [5.41, 5.74) is 0. The molecule has 0 fully saturated rings. The first kappa shape index (κ1) is 6.17. The highest BCUT2D eigenvalue weighted by Gasteiger charge is 2.09. The van der Waals surface area contributed by atoms with Crippen molar-refractivity contribution in [3.63, 3.8) is 0 Å². The Labute approximate surface area is 54.8 Å². The molecule has 0 N–H and O–H groups in total. The van der Waals surface area contributed by atoms with Crippen LogP contribution in [0.25, 0.3) is 0 Å². The fourth-order valence-electron chi connectivity index (χ4n) is 0.677. The molecular formula is C6H11NS. The van der Waals surface area contributed by atoms with Crippen molar-refractivity contribution in [1.82, 2.24) is 4.90 Å². The van der Waals surface area contributed by atoms with Crippen molar-refractivity contribution in [3.05, 3.63) is 11.5 Å². The number of nitrogens with zero attached hydrogens (tertiary/aromatic N) is 1. The standard InChI is InChI=1S/C6H11NS/c1-7(2)6-3-4-8-5-6/h3-4,6H,5H2,1-2H3. The van der Waals surface area contributed by atoms with Crippen molar-refractivity contribution < 1.29 is 0 Å². The zero-order chi connectivity index (χ0) is 5.98. The van der Waals surface area contributed by atoms with Gasteiger partial charge in [-0.1, -0.05) is 6.08 Å². The fraction of sp³-hybridized carbons (Fsp3) is 0.667. The molecule has 0 amide bonds. The molecule has 1 unspecified atom stereocenters. The van der Waals surface area contributed by atoms with Crippen molar-refractivity contribution in [2.24, 2.45) is 0 Å². The third-order valence-electron chi connectivity index (χ3n) is 1.33. The minimum atomic E-state index is 0.681. The molecule has 1 rings (SSSR count). The molecule has 0 bridgehead atoms. The quantitative estimate of drug-likeness (QED) is 0.523. The van der Waals surface area contributed by atoms with Gasteiger partial charge in [0.25, 0.3) is 0 Å². The predicted octanol–water partition coefficient (Wildman–Crippen LogP) is 1.18. The Morgan fingerprint density at radius 1 is 1.62 bits per heavy atom. The van der Waals surface area contributed by atoms with Crippen molar-refractivity contribution in [2.45, 2.75) is 6.04 Å². The molecule has 46 valence electrons. The minimum absolute atomic E-state index is 0.681. The van der Waals surface area contributed by atoms with E-state index in [-0.39, 0.29) is 0 Å². The molecule has 1 atom stereocenters. The van der Waals surface area contributed by atoms with Crippen LogP contribution in [0.2, 0.25) is 0 Å². The van der Waals surface area contributed by atoms with E-state index in [4.69, 9.17) is 0 Å². The van der Waals surface area contributed by atoms with Gasteiger partial charge in [0.05, 0.1) is 0 Å². The molecule has 0 radical (unpaired) electrons. The normalized spacial score (nSPS) is 27.6. The maximum atomic E-state index is 2.24. The average molecular weight is 129 g/mol. The highest BCUT2D eigenvalue weighted by molar-refractivity contribution is 8.02. The highest BCUT2D eigenvalue weighted by atomic mass is 32.2. The second kappa shape index (κ2) is 2.55. The smallest absolute Gasteiger partial charge is 0.0374 e. The molecule has 0 aromatic heterocycles. The summed E-state index contributed by atoms with van der Waals surface area (Å²) in [6.07, 6.45) is 2.24. The van der Waals surface area contributed by atoms with E-state index in [0.717, 1.165) is 0 Å². The molecule has 1 nitrogen and oxygen atoms in total. The zero-order valence-corrected chi connectivity index (χ0v) is 6.11. The first-order valence-electron chi connectivity index (χ1n) is 2.75. The summed E-state index contributed by atoms with van der Waals surface area (Å²) in [4.78, 5) is 2.23. The Kier molecular flexibility index (Phi) is 1.97. The van der Waals surface area contributed by atoms with E-state index in [2.05, 4.69) is 30.5 Å². The summed E-state index contributed by atoms with van der Waals surface area (Å²) in [6.45, 7) is 0. The Morgan fingerprint density at radius 3 is 2.62 bits per heavy atom. The highest BCUT2D eigenvalue weighted by Crippen LogP contribution is 2.16. The molecule has 1 aliphatic rings. The van der Waals surface area contributed by atoms with E-state index in [1.54, 1.807) is 0 Å². The lowest BCUT2D eigenvalue weighted by Crippen LogP contribution is -2.25. The summed E-state index contributed by atoms with van der Waals surface area (Å²) >= 11 is 1.89. The molecule has 0 aromatic rings. The second-order valence-corrected chi connectivity index (χ2v) is 3.13.